The van der Waals surface area contributed by atoms with E-state index in [9.17, 15) is 4.79 Å². The van der Waals surface area contributed by atoms with Gasteiger partial charge in [-0.25, -0.2) is 4.79 Å². The van der Waals surface area contributed by atoms with Crippen LogP contribution in [0.2, 0.25) is 0 Å². The summed E-state index contributed by atoms with van der Waals surface area (Å²) in [5.41, 5.74) is 0. The molecule has 3 rings (SSSR count). The largest absolute Gasteiger partial charge is 0.381 e. The highest BCUT2D eigenvalue weighted by Crippen LogP contribution is 2.28. The molecule has 0 radical (unpaired) electrons. The number of hydrogen-bond donors (Lipinski definition) is 1. The Bertz CT molecular complexity index is 364. The lowest BCUT2D eigenvalue weighted by atomic mass is 10.1. The Morgan fingerprint density at radius 1 is 1.22 bits per heavy atom. The van der Waals surface area contributed by atoms with Crippen LogP contribution in [0.1, 0.15) is 38.5 Å². The van der Waals surface area contributed by atoms with Gasteiger partial charge in [0.2, 0.25) is 0 Å². The minimum absolute atomic E-state index is 0.0820. The lowest BCUT2D eigenvalue weighted by Crippen LogP contribution is -2.44. The van der Waals surface area contributed by atoms with Crippen molar-refractivity contribution in [3.8, 4) is 0 Å². The van der Waals surface area contributed by atoms with Gasteiger partial charge in [0.1, 0.15) is 0 Å². The van der Waals surface area contributed by atoms with Crippen molar-refractivity contribution >= 4 is 6.03 Å². The number of amides is 2. The summed E-state index contributed by atoms with van der Waals surface area (Å²) < 4.78 is 16.6. The highest BCUT2D eigenvalue weighted by Gasteiger charge is 2.34. The second-order valence-electron chi connectivity index (χ2n) is 6.91. The molecule has 2 heterocycles. The molecule has 3 aliphatic rings. The third kappa shape index (κ3) is 5.62. The lowest BCUT2D eigenvalue weighted by Gasteiger charge is -2.25. The fourth-order valence-electron chi connectivity index (χ4n) is 3.25. The Morgan fingerprint density at radius 3 is 2.83 bits per heavy atom. The quantitative estimate of drug-likeness (QED) is 0.656. The van der Waals surface area contributed by atoms with E-state index in [1.54, 1.807) is 0 Å². The van der Waals surface area contributed by atoms with Crippen molar-refractivity contribution in [1.29, 1.82) is 0 Å². The second kappa shape index (κ2) is 8.85. The number of ether oxygens (including phenoxy) is 3. The number of hydrogen-bond acceptors (Lipinski definition) is 4. The standard InChI is InChI=1S/C17H30N2O4/c20-17(18-7-2-8-21-13-16-3-1-9-23-16)19(15-4-5-15)11-14-6-10-22-12-14/h14-16H,1-13H2,(H,18,20). The average molecular weight is 326 g/mol. The van der Waals surface area contributed by atoms with E-state index in [0.29, 0.717) is 31.7 Å². The molecule has 1 N–H and O–H groups in total. The molecule has 23 heavy (non-hydrogen) atoms. The van der Waals surface area contributed by atoms with Gasteiger partial charge in [0.15, 0.2) is 0 Å². The molecular weight excluding hydrogens is 296 g/mol. The van der Waals surface area contributed by atoms with Crippen LogP contribution in [0.25, 0.3) is 0 Å². The van der Waals surface area contributed by atoms with Gasteiger partial charge >= 0.3 is 6.03 Å². The summed E-state index contributed by atoms with van der Waals surface area (Å²) in [4.78, 5) is 14.4. The molecule has 0 spiro atoms. The first-order chi connectivity index (χ1) is 11.3. The molecule has 2 atom stereocenters. The van der Waals surface area contributed by atoms with Crippen molar-refractivity contribution in [3.05, 3.63) is 0 Å². The molecule has 2 saturated heterocycles. The molecule has 0 aromatic carbocycles. The zero-order chi connectivity index (χ0) is 15.9. The molecule has 0 aromatic heterocycles. The van der Waals surface area contributed by atoms with Gasteiger partial charge in [-0.05, 0) is 38.5 Å². The van der Waals surface area contributed by atoms with E-state index in [2.05, 4.69) is 5.32 Å². The minimum atomic E-state index is 0.0820. The van der Waals surface area contributed by atoms with Crippen LogP contribution in [0.5, 0.6) is 0 Å². The van der Waals surface area contributed by atoms with E-state index in [1.807, 2.05) is 4.90 Å². The van der Waals surface area contributed by atoms with E-state index in [4.69, 9.17) is 14.2 Å². The Hall–Kier alpha value is -0.850. The molecule has 2 aliphatic heterocycles. The lowest BCUT2D eigenvalue weighted by molar-refractivity contribution is 0.0167. The number of nitrogens with one attached hydrogen (secondary N) is 1. The van der Waals surface area contributed by atoms with Crippen molar-refractivity contribution in [2.45, 2.75) is 50.7 Å². The Balaban J connectivity index is 1.26. The molecule has 132 valence electrons. The van der Waals surface area contributed by atoms with E-state index >= 15 is 0 Å². The predicted octanol–water partition coefficient (Wildman–Crippen LogP) is 1.78. The molecule has 6 heteroatoms. The molecule has 3 fully saturated rings. The monoisotopic (exact) mass is 326 g/mol. The normalized spacial score (nSPS) is 27.3. The zero-order valence-electron chi connectivity index (χ0n) is 14.0. The maximum Gasteiger partial charge on any atom is 0.317 e. The smallest absolute Gasteiger partial charge is 0.317 e. The molecular formula is C17H30N2O4. The SMILES string of the molecule is O=C(NCCCOCC1CCCO1)N(CC1CCOC1)C1CC1. The van der Waals surface area contributed by atoms with Crippen molar-refractivity contribution in [2.24, 2.45) is 5.92 Å². The molecule has 2 amide bonds. The number of carbonyl (C=O) groups excluding carboxylic acids is 1. The van der Waals surface area contributed by atoms with Crippen LogP contribution in [0.15, 0.2) is 0 Å². The third-order valence-electron chi connectivity index (χ3n) is 4.80. The first kappa shape index (κ1) is 17.0. The van der Waals surface area contributed by atoms with Crippen LogP contribution in [0.4, 0.5) is 4.79 Å². The van der Waals surface area contributed by atoms with Gasteiger partial charge in [-0.3, -0.25) is 0 Å². The van der Waals surface area contributed by atoms with Crippen molar-refractivity contribution < 1.29 is 19.0 Å². The summed E-state index contributed by atoms with van der Waals surface area (Å²) in [6.07, 6.45) is 6.75. The maximum absolute atomic E-state index is 12.4. The number of urea groups is 1. The number of rotatable bonds is 9. The Kier molecular flexibility index (Phi) is 6.54. The van der Waals surface area contributed by atoms with Gasteiger partial charge in [0, 0.05) is 44.9 Å². The second-order valence-corrected chi connectivity index (χ2v) is 6.91. The molecule has 1 saturated carbocycles. The first-order valence-corrected chi connectivity index (χ1v) is 9.14. The van der Waals surface area contributed by atoms with Crippen LogP contribution in [0, 0.1) is 5.92 Å². The topological polar surface area (TPSA) is 60.0 Å². The fourth-order valence-corrected chi connectivity index (χ4v) is 3.25. The van der Waals surface area contributed by atoms with Gasteiger partial charge in [0.25, 0.3) is 0 Å². The van der Waals surface area contributed by atoms with E-state index in [-0.39, 0.29) is 12.1 Å². The van der Waals surface area contributed by atoms with Crippen molar-refractivity contribution in [3.63, 3.8) is 0 Å². The van der Waals surface area contributed by atoms with Gasteiger partial charge < -0.3 is 24.4 Å². The van der Waals surface area contributed by atoms with Crippen molar-refractivity contribution in [2.75, 3.05) is 46.1 Å². The maximum atomic E-state index is 12.4. The highest BCUT2D eigenvalue weighted by molar-refractivity contribution is 5.74. The van der Waals surface area contributed by atoms with E-state index < -0.39 is 0 Å². The molecule has 0 aromatic rings. The summed E-state index contributed by atoms with van der Waals surface area (Å²) >= 11 is 0. The molecule has 0 bridgehead atoms. The summed E-state index contributed by atoms with van der Waals surface area (Å²) in [5.74, 6) is 0.510. The van der Waals surface area contributed by atoms with Gasteiger partial charge in [-0.2, -0.15) is 0 Å². The number of nitrogens with zero attached hydrogens (tertiary/aromatic N) is 1. The van der Waals surface area contributed by atoms with Crippen LogP contribution in [-0.2, 0) is 14.2 Å². The highest BCUT2D eigenvalue weighted by atomic mass is 16.5. The number of carbonyl (C=O) groups is 1. The predicted molar refractivity (Wildman–Crippen MR) is 86.5 cm³/mol. The average Bonchev–Trinajstić information content (AvgIpc) is 3.03. The Morgan fingerprint density at radius 2 is 2.13 bits per heavy atom. The molecule has 6 nitrogen and oxygen atoms in total. The van der Waals surface area contributed by atoms with Gasteiger partial charge in [-0.15, -0.1) is 0 Å². The van der Waals surface area contributed by atoms with E-state index in [0.717, 1.165) is 64.9 Å². The van der Waals surface area contributed by atoms with E-state index in [1.165, 1.54) is 0 Å². The van der Waals surface area contributed by atoms with Gasteiger partial charge in [-0.1, -0.05) is 0 Å². The summed E-state index contributed by atoms with van der Waals surface area (Å²) in [5, 5.41) is 3.04. The van der Waals surface area contributed by atoms with Crippen LogP contribution >= 0.6 is 0 Å². The Labute approximate surface area is 138 Å². The molecule has 2 unspecified atom stereocenters. The van der Waals surface area contributed by atoms with Crippen LogP contribution in [0.3, 0.4) is 0 Å². The van der Waals surface area contributed by atoms with Gasteiger partial charge in [0.05, 0.1) is 19.3 Å². The first-order valence-electron chi connectivity index (χ1n) is 9.14. The van der Waals surface area contributed by atoms with Crippen molar-refractivity contribution in [1.82, 2.24) is 10.2 Å². The minimum Gasteiger partial charge on any atom is -0.381 e. The van der Waals surface area contributed by atoms with Crippen LogP contribution in [-0.4, -0.2) is 69.2 Å². The summed E-state index contributed by atoms with van der Waals surface area (Å²) in [7, 11) is 0. The fraction of sp³-hybridized carbons (Fsp3) is 0.941. The van der Waals surface area contributed by atoms with Crippen LogP contribution < -0.4 is 5.32 Å². The molecule has 1 aliphatic carbocycles. The summed E-state index contributed by atoms with van der Waals surface area (Å²) in [6.45, 7) is 5.39. The summed E-state index contributed by atoms with van der Waals surface area (Å²) in [6, 6.07) is 0.532. The third-order valence-corrected chi connectivity index (χ3v) is 4.80. The zero-order valence-corrected chi connectivity index (χ0v) is 14.0.